The quantitative estimate of drug-likeness (QED) is 0.535. The molecule has 0 radical (unpaired) electrons. The Morgan fingerprint density at radius 2 is 1.82 bits per heavy atom. The third-order valence-electron chi connectivity index (χ3n) is 3.58. The molecular weight excluding hydrogens is 276 g/mol. The van der Waals surface area contributed by atoms with Gasteiger partial charge in [0.25, 0.3) is 0 Å². The largest absolute Gasteiger partial charge is 0.463 e. The Bertz CT molecular complexity index is 778. The molecule has 4 heteroatoms. The van der Waals surface area contributed by atoms with Crippen molar-refractivity contribution < 1.29 is 14.1 Å². The molecule has 1 heterocycles. The van der Waals surface area contributed by atoms with Gasteiger partial charge in [0.1, 0.15) is 6.54 Å². The van der Waals surface area contributed by atoms with Crippen LogP contribution in [0.15, 0.2) is 60.9 Å². The van der Waals surface area contributed by atoms with Gasteiger partial charge in [0.2, 0.25) is 6.33 Å². The summed E-state index contributed by atoms with van der Waals surface area (Å²) in [6.45, 7) is 3.23. The Morgan fingerprint density at radius 1 is 1.09 bits per heavy atom. The summed E-state index contributed by atoms with van der Waals surface area (Å²) in [7, 11) is 0. The molecule has 4 nitrogen and oxygen atoms in total. The summed E-state index contributed by atoms with van der Waals surface area (Å²) in [6.07, 6.45) is 1.98. The fourth-order valence-electron chi connectivity index (χ4n) is 2.62. The van der Waals surface area contributed by atoms with Gasteiger partial charge in [0.05, 0.1) is 6.61 Å². The fourth-order valence-corrected chi connectivity index (χ4v) is 2.62. The lowest BCUT2D eigenvalue weighted by atomic mass is 10.2. The van der Waals surface area contributed by atoms with Crippen LogP contribution in [0.2, 0.25) is 0 Å². The summed E-state index contributed by atoms with van der Waals surface area (Å²) in [6, 6.07) is 18.4. The van der Waals surface area contributed by atoms with Gasteiger partial charge in [-0.25, -0.2) is 13.9 Å². The van der Waals surface area contributed by atoms with Gasteiger partial charge in [0.15, 0.2) is 17.6 Å². The topological polar surface area (TPSA) is 35.1 Å². The van der Waals surface area contributed by atoms with E-state index in [1.807, 2.05) is 54.2 Å². The van der Waals surface area contributed by atoms with Gasteiger partial charge < -0.3 is 4.74 Å². The van der Waals surface area contributed by atoms with Gasteiger partial charge in [-0.05, 0) is 24.6 Å². The van der Waals surface area contributed by atoms with Crippen molar-refractivity contribution >= 4 is 17.0 Å². The van der Waals surface area contributed by atoms with Crippen molar-refractivity contribution in [2.24, 2.45) is 0 Å². The number of nitrogens with zero attached hydrogens (tertiary/aromatic N) is 2. The minimum absolute atomic E-state index is 0.213. The molecule has 0 saturated heterocycles. The SMILES string of the molecule is CCOC(=O)Cn1c[n+](Cc2ccccc2)c2ccccc21. The summed E-state index contributed by atoms with van der Waals surface area (Å²) < 4.78 is 9.15. The van der Waals surface area contributed by atoms with Gasteiger partial charge in [-0.3, -0.25) is 0 Å². The molecule has 0 unspecified atom stereocenters. The molecule has 3 aromatic rings. The van der Waals surface area contributed by atoms with E-state index in [2.05, 4.69) is 22.8 Å². The zero-order valence-corrected chi connectivity index (χ0v) is 12.6. The van der Waals surface area contributed by atoms with Crippen LogP contribution in [0.3, 0.4) is 0 Å². The fraction of sp³-hybridized carbons (Fsp3) is 0.222. The molecule has 1 aromatic heterocycles. The molecule has 0 saturated carbocycles. The van der Waals surface area contributed by atoms with E-state index in [9.17, 15) is 4.79 Å². The van der Waals surface area contributed by atoms with Crippen LogP contribution in [0.1, 0.15) is 12.5 Å². The first kappa shape index (κ1) is 14.3. The average Bonchev–Trinajstić information content (AvgIpc) is 2.87. The number of carbonyl (C=O) groups excluding carboxylic acids is 1. The molecule has 0 atom stereocenters. The van der Waals surface area contributed by atoms with Gasteiger partial charge in [0, 0.05) is 0 Å². The number of para-hydroxylation sites is 2. The van der Waals surface area contributed by atoms with E-state index in [0.29, 0.717) is 6.61 Å². The lowest BCUT2D eigenvalue weighted by Gasteiger charge is -1.99. The van der Waals surface area contributed by atoms with Crippen LogP contribution in [0.4, 0.5) is 0 Å². The number of hydrogen-bond donors (Lipinski definition) is 0. The van der Waals surface area contributed by atoms with Crippen LogP contribution in [0, 0.1) is 0 Å². The maximum absolute atomic E-state index is 11.8. The molecule has 0 aliphatic rings. The molecule has 0 fully saturated rings. The first-order valence-corrected chi connectivity index (χ1v) is 7.45. The van der Waals surface area contributed by atoms with Crippen molar-refractivity contribution in [2.75, 3.05) is 6.61 Å². The molecule has 0 aliphatic heterocycles. The molecule has 22 heavy (non-hydrogen) atoms. The molecule has 3 rings (SSSR count). The maximum Gasteiger partial charge on any atom is 0.348 e. The Morgan fingerprint density at radius 3 is 2.59 bits per heavy atom. The van der Waals surface area contributed by atoms with Crippen molar-refractivity contribution in [1.29, 1.82) is 0 Å². The summed E-state index contributed by atoms with van der Waals surface area (Å²) in [4.78, 5) is 11.8. The highest BCUT2D eigenvalue weighted by molar-refractivity contribution is 5.75. The van der Waals surface area contributed by atoms with Crippen molar-refractivity contribution in [2.45, 2.75) is 20.0 Å². The van der Waals surface area contributed by atoms with Gasteiger partial charge >= 0.3 is 5.97 Å². The molecule has 0 amide bonds. The van der Waals surface area contributed by atoms with E-state index in [4.69, 9.17) is 4.74 Å². The maximum atomic E-state index is 11.8. The third-order valence-corrected chi connectivity index (χ3v) is 3.58. The lowest BCUT2D eigenvalue weighted by molar-refractivity contribution is -0.663. The van der Waals surface area contributed by atoms with Gasteiger partial charge in [-0.15, -0.1) is 0 Å². The molecule has 0 aliphatic carbocycles. The Kier molecular flexibility index (Phi) is 4.19. The minimum atomic E-state index is -0.213. The van der Waals surface area contributed by atoms with Crippen LogP contribution >= 0.6 is 0 Å². The molecule has 0 N–H and O–H groups in total. The van der Waals surface area contributed by atoms with Crippen LogP contribution in [0.25, 0.3) is 11.0 Å². The van der Waals surface area contributed by atoms with Crippen LogP contribution < -0.4 is 4.57 Å². The monoisotopic (exact) mass is 295 g/mol. The Hall–Kier alpha value is -2.62. The standard InChI is InChI=1S/C18H19N2O2/c1-2-22-18(21)13-20-14-19(12-15-8-4-3-5-9-15)16-10-6-7-11-17(16)20/h3-11,14H,2,12-13H2,1H3/q+1. The second-order valence-corrected chi connectivity index (χ2v) is 5.15. The van der Waals surface area contributed by atoms with E-state index in [0.717, 1.165) is 17.6 Å². The summed E-state index contributed by atoms with van der Waals surface area (Å²) in [5.74, 6) is -0.213. The molecular formula is C18H19N2O2+. The van der Waals surface area contributed by atoms with E-state index in [1.165, 1.54) is 5.56 Å². The lowest BCUT2D eigenvalue weighted by Crippen LogP contribution is -2.33. The summed E-state index contributed by atoms with van der Waals surface area (Å²) in [5.41, 5.74) is 3.37. The molecule has 112 valence electrons. The predicted octanol–water partition coefficient (Wildman–Crippen LogP) is 2.54. The molecule has 0 bridgehead atoms. The zero-order chi connectivity index (χ0) is 15.4. The van der Waals surface area contributed by atoms with Crippen LogP contribution in [0.5, 0.6) is 0 Å². The predicted molar refractivity (Wildman–Crippen MR) is 84.3 cm³/mol. The highest BCUT2D eigenvalue weighted by Crippen LogP contribution is 2.12. The zero-order valence-electron chi connectivity index (χ0n) is 12.6. The number of aromatic nitrogens is 2. The van der Waals surface area contributed by atoms with E-state index < -0.39 is 0 Å². The van der Waals surface area contributed by atoms with E-state index >= 15 is 0 Å². The molecule has 0 spiro atoms. The number of ether oxygens (including phenoxy) is 1. The summed E-state index contributed by atoms with van der Waals surface area (Å²) in [5, 5.41) is 0. The number of hydrogen-bond acceptors (Lipinski definition) is 2. The smallest absolute Gasteiger partial charge is 0.348 e. The number of fused-ring (bicyclic) bond motifs is 1. The first-order chi connectivity index (χ1) is 10.8. The number of carbonyl (C=O) groups is 1. The minimum Gasteiger partial charge on any atom is -0.463 e. The van der Waals surface area contributed by atoms with Gasteiger partial charge in [-0.1, -0.05) is 42.5 Å². The second kappa shape index (κ2) is 6.43. The normalized spacial score (nSPS) is 10.8. The average molecular weight is 295 g/mol. The van der Waals surface area contributed by atoms with Crippen molar-refractivity contribution in [3.05, 3.63) is 66.5 Å². The molecule has 2 aromatic carbocycles. The second-order valence-electron chi connectivity index (χ2n) is 5.15. The Labute approximate surface area is 129 Å². The third kappa shape index (κ3) is 3.01. The Balaban J connectivity index is 1.95. The van der Waals surface area contributed by atoms with Crippen molar-refractivity contribution in [1.82, 2.24) is 4.57 Å². The number of rotatable bonds is 5. The highest BCUT2D eigenvalue weighted by atomic mass is 16.5. The van der Waals surface area contributed by atoms with Crippen molar-refractivity contribution in [3.63, 3.8) is 0 Å². The number of imidazole rings is 1. The van der Waals surface area contributed by atoms with E-state index in [-0.39, 0.29) is 12.5 Å². The van der Waals surface area contributed by atoms with E-state index in [1.54, 1.807) is 0 Å². The van der Waals surface area contributed by atoms with Crippen molar-refractivity contribution in [3.8, 4) is 0 Å². The summed E-state index contributed by atoms with van der Waals surface area (Å²) >= 11 is 0. The first-order valence-electron chi connectivity index (χ1n) is 7.45. The van der Waals surface area contributed by atoms with Crippen LogP contribution in [-0.2, 0) is 22.6 Å². The highest BCUT2D eigenvalue weighted by Gasteiger charge is 2.18. The van der Waals surface area contributed by atoms with Gasteiger partial charge in [-0.2, -0.15) is 0 Å². The number of esters is 1. The number of benzene rings is 2. The van der Waals surface area contributed by atoms with Crippen LogP contribution in [-0.4, -0.2) is 17.1 Å².